The lowest BCUT2D eigenvalue weighted by molar-refractivity contribution is -0.113. The summed E-state index contributed by atoms with van der Waals surface area (Å²) in [5.41, 5.74) is 3.76. The number of para-hydroxylation sites is 1. The van der Waals surface area contributed by atoms with E-state index in [0.717, 1.165) is 47.5 Å². The highest BCUT2D eigenvalue weighted by atomic mass is 32.2. The van der Waals surface area contributed by atoms with E-state index >= 15 is 0 Å². The maximum atomic E-state index is 12.4. The van der Waals surface area contributed by atoms with Gasteiger partial charge in [-0.25, -0.2) is 4.98 Å². The van der Waals surface area contributed by atoms with Crippen LogP contribution in [0.25, 0.3) is 0 Å². The molecule has 0 aliphatic rings. The third kappa shape index (κ3) is 6.74. The van der Waals surface area contributed by atoms with Gasteiger partial charge in [-0.05, 0) is 36.1 Å². The highest BCUT2D eigenvalue weighted by Crippen LogP contribution is 2.23. The van der Waals surface area contributed by atoms with Crippen LogP contribution < -0.4 is 10.9 Å². The number of carbonyl (C=O) groups is 1. The summed E-state index contributed by atoms with van der Waals surface area (Å²) < 4.78 is 0. The van der Waals surface area contributed by atoms with Gasteiger partial charge in [-0.3, -0.25) is 9.59 Å². The Balaban J connectivity index is 2.01. The van der Waals surface area contributed by atoms with Crippen molar-refractivity contribution in [3.63, 3.8) is 0 Å². The number of aromatic amines is 1. The van der Waals surface area contributed by atoms with Crippen LogP contribution in [0, 0.1) is 0 Å². The lowest BCUT2D eigenvalue weighted by atomic mass is 10.0. The fraction of sp³-hybridized carbons (Fsp3) is 0.450. The topological polar surface area (TPSA) is 74.8 Å². The molecule has 0 spiro atoms. The number of rotatable bonds is 10. The van der Waals surface area contributed by atoms with Gasteiger partial charge in [0.15, 0.2) is 5.16 Å². The van der Waals surface area contributed by atoms with Crippen molar-refractivity contribution in [3.8, 4) is 0 Å². The minimum absolute atomic E-state index is 0.0935. The van der Waals surface area contributed by atoms with E-state index in [1.165, 1.54) is 17.8 Å². The van der Waals surface area contributed by atoms with Crippen LogP contribution in [0.1, 0.15) is 44.0 Å². The van der Waals surface area contributed by atoms with Gasteiger partial charge in [0.05, 0.1) is 11.4 Å². The van der Waals surface area contributed by atoms with E-state index in [9.17, 15) is 9.59 Å². The Bertz CT molecular complexity index is 799. The number of aromatic nitrogens is 2. The van der Waals surface area contributed by atoms with Crippen molar-refractivity contribution < 1.29 is 4.79 Å². The molecule has 0 aliphatic carbocycles. The van der Waals surface area contributed by atoms with E-state index in [2.05, 4.69) is 36.1 Å². The second kappa shape index (κ2) is 11.2. The van der Waals surface area contributed by atoms with Gasteiger partial charge in [0, 0.05) is 17.5 Å². The van der Waals surface area contributed by atoms with E-state index in [0.29, 0.717) is 10.9 Å². The predicted molar refractivity (Wildman–Crippen MR) is 116 cm³/mol. The first-order valence-corrected chi connectivity index (χ1v) is 11.4. The van der Waals surface area contributed by atoms with Crippen LogP contribution in [0.3, 0.4) is 0 Å². The van der Waals surface area contributed by atoms with E-state index in [1.807, 2.05) is 18.2 Å². The molecule has 0 fully saturated rings. The Labute approximate surface area is 169 Å². The van der Waals surface area contributed by atoms with Crippen molar-refractivity contribution >= 4 is 35.1 Å². The molecule has 7 heteroatoms. The second-order valence-corrected chi connectivity index (χ2v) is 8.16. The highest BCUT2D eigenvalue weighted by molar-refractivity contribution is 7.99. The van der Waals surface area contributed by atoms with Crippen molar-refractivity contribution in [2.75, 3.05) is 16.8 Å². The van der Waals surface area contributed by atoms with Crippen LogP contribution in [-0.2, 0) is 23.4 Å². The monoisotopic (exact) mass is 405 g/mol. The normalized spacial score (nSPS) is 10.8. The predicted octanol–water partition coefficient (Wildman–Crippen LogP) is 4.27. The molecule has 0 saturated carbocycles. The molecule has 0 atom stereocenters. The zero-order valence-corrected chi connectivity index (χ0v) is 17.8. The Kier molecular flexibility index (Phi) is 8.94. The number of hydrogen-bond donors (Lipinski definition) is 2. The summed E-state index contributed by atoms with van der Waals surface area (Å²) in [6, 6.07) is 7.63. The molecular formula is C20H27N3O2S2. The lowest BCUT2D eigenvalue weighted by Crippen LogP contribution is -2.17. The average molecular weight is 406 g/mol. The summed E-state index contributed by atoms with van der Waals surface area (Å²) in [4.78, 5) is 31.4. The molecule has 2 rings (SSSR count). The number of amides is 1. The minimum atomic E-state index is -0.176. The van der Waals surface area contributed by atoms with E-state index in [-0.39, 0.29) is 17.2 Å². The second-order valence-electron chi connectivity index (χ2n) is 6.09. The molecule has 1 heterocycles. The Morgan fingerprint density at radius 1 is 1.19 bits per heavy atom. The number of H-pyrrole nitrogens is 1. The van der Waals surface area contributed by atoms with Crippen molar-refractivity contribution in [3.05, 3.63) is 51.4 Å². The molecule has 0 radical (unpaired) electrons. The van der Waals surface area contributed by atoms with Crippen molar-refractivity contribution in [1.29, 1.82) is 0 Å². The molecule has 0 aliphatic heterocycles. The van der Waals surface area contributed by atoms with E-state index < -0.39 is 0 Å². The summed E-state index contributed by atoms with van der Waals surface area (Å²) in [6.45, 7) is 6.28. The molecule has 1 amide bonds. The summed E-state index contributed by atoms with van der Waals surface area (Å²) in [6.07, 6.45) is 2.82. The summed E-state index contributed by atoms with van der Waals surface area (Å²) in [5, 5.41) is 3.53. The fourth-order valence-electron chi connectivity index (χ4n) is 2.66. The quantitative estimate of drug-likeness (QED) is 0.351. The number of nitrogens with zero attached hydrogens (tertiary/aromatic N) is 1. The van der Waals surface area contributed by atoms with Crippen LogP contribution in [0.15, 0.2) is 34.2 Å². The van der Waals surface area contributed by atoms with Crippen LogP contribution in [-0.4, -0.2) is 27.4 Å². The summed E-state index contributed by atoms with van der Waals surface area (Å²) in [7, 11) is 0. The molecule has 146 valence electrons. The maximum Gasteiger partial charge on any atom is 0.251 e. The molecule has 0 unspecified atom stereocenters. The lowest BCUT2D eigenvalue weighted by Gasteiger charge is -2.14. The van der Waals surface area contributed by atoms with Gasteiger partial charge in [-0.1, -0.05) is 50.7 Å². The van der Waals surface area contributed by atoms with Gasteiger partial charge in [0.25, 0.3) is 5.56 Å². The largest absolute Gasteiger partial charge is 0.325 e. The zero-order valence-electron chi connectivity index (χ0n) is 16.1. The van der Waals surface area contributed by atoms with E-state index in [4.69, 9.17) is 0 Å². The molecule has 27 heavy (non-hydrogen) atoms. The first kappa shape index (κ1) is 21.6. The third-order valence-electron chi connectivity index (χ3n) is 3.97. The standard InChI is InChI=1S/C20H27N3O2S2/c1-4-10-26-12-16-11-17(24)23-20(21-16)27-13-18(25)22-19-14(5-2)8-7-9-15(19)6-3/h7-9,11H,4-6,10,12-13H2,1-3H3,(H,22,25)(H,21,23,24). The van der Waals surface area contributed by atoms with Gasteiger partial charge < -0.3 is 10.3 Å². The molecule has 1 aromatic carbocycles. The minimum Gasteiger partial charge on any atom is -0.325 e. The van der Waals surface area contributed by atoms with Gasteiger partial charge in [-0.15, -0.1) is 0 Å². The SMILES string of the molecule is CCCSCc1cc(=O)[nH]c(SCC(=O)Nc2c(CC)cccc2CC)n1. The molecule has 2 aromatic rings. The third-order valence-corrected chi connectivity index (χ3v) is 6.04. The van der Waals surface area contributed by atoms with Crippen LogP contribution in [0.5, 0.6) is 0 Å². The van der Waals surface area contributed by atoms with Crippen LogP contribution >= 0.6 is 23.5 Å². The molecular weight excluding hydrogens is 378 g/mol. The number of nitrogens with one attached hydrogen (secondary N) is 2. The number of carbonyl (C=O) groups excluding carboxylic acids is 1. The average Bonchev–Trinajstić information content (AvgIpc) is 2.66. The Morgan fingerprint density at radius 3 is 2.52 bits per heavy atom. The van der Waals surface area contributed by atoms with Crippen LogP contribution in [0.2, 0.25) is 0 Å². The molecule has 0 bridgehead atoms. The van der Waals surface area contributed by atoms with Gasteiger partial charge in [-0.2, -0.15) is 11.8 Å². The Hall–Kier alpha value is -1.73. The van der Waals surface area contributed by atoms with Gasteiger partial charge >= 0.3 is 0 Å². The highest BCUT2D eigenvalue weighted by Gasteiger charge is 2.11. The Morgan fingerprint density at radius 2 is 1.89 bits per heavy atom. The van der Waals surface area contributed by atoms with Gasteiger partial charge in [0.2, 0.25) is 5.91 Å². The first-order valence-electron chi connectivity index (χ1n) is 9.28. The number of thioether (sulfide) groups is 2. The summed E-state index contributed by atoms with van der Waals surface area (Å²) >= 11 is 3.01. The number of hydrogen-bond acceptors (Lipinski definition) is 5. The number of aryl methyl sites for hydroxylation is 2. The van der Waals surface area contributed by atoms with E-state index in [1.54, 1.807) is 11.8 Å². The van der Waals surface area contributed by atoms with Crippen molar-refractivity contribution in [2.24, 2.45) is 0 Å². The molecule has 5 nitrogen and oxygen atoms in total. The summed E-state index contributed by atoms with van der Waals surface area (Å²) in [5.74, 6) is 1.86. The molecule has 0 saturated heterocycles. The molecule has 1 aromatic heterocycles. The fourth-order valence-corrected chi connectivity index (χ4v) is 4.14. The smallest absolute Gasteiger partial charge is 0.251 e. The van der Waals surface area contributed by atoms with Crippen molar-refractivity contribution in [1.82, 2.24) is 9.97 Å². The van der Waals surface area contributed by atoms with Crippen molar-refractivity contribution in [2.45, 2.75) is 50.9 Å². The van der Waals surface area contributed by atoms with Crippen LogP contribution in [0.4, 0.5) is 5.69 Å². The molecule has 2 N–H and O–H groups in total. The maximum absolute atomic E-state index is 12.4. The van der Waals surface area contributed by atoms with Gasteiger partial charge in [0.1, 0.15) is 0 Å². The number of anilines is 1. The number of benzene rings is 1. The zero-order chi connectivity index (χ0) is 19.6. The first-order chi connectivity index (χ1) is 13.1.